The Morgan fingerprint density at radius 1 is 1.28 bits per heavy atom. The molecule has 5 N–H and O–H groups in total. The van der Waals surface area contributed by atoms with Crippen molar-refractivity contribution in [2.24, 2.45) is 0 Å². The number of hydrogen-bond donors (Lipinski definition) is 5. The number of aliphatic hydroxyl groups is 3. The minimum atomic E-state index is -1.41. The summed E-state index contributed by atoms with van der Waals surface area (Å²) >= 11 is 0. The minimum absolute atomic E-state index is 0.000324. The van der Waals surface area contributed by atoms with Crippen LogP contribution in [0.5, 0.6) is 0 Å². The van der Waals surface area contributed by atoms with Crippen molar-refractivity contribution in [2.75, 3.05) is 25.1 Å². The molecule has 0 aliphatic heterocycles. The number of aryl methyl sites for hydroxylation is 1. The van der Waals surface area contributed by atoms with Gasteiger partial charge in [0.2, 0.25) is 0 Å². The largest absolute Gasteiger partial charge is 0.478 e. The van der Waals surface area contributed by atoms with E-state index in [0.29, 0.717) is 5.69 Å². The highest BCUT2D eigenvalue weighted by molar-refractivity contribution is 5.93. The van der Waals surface area contributed by atoms with Crippen molar-refractivity contribution in [1.29, 1.82) is 0 Å². The van der Waals surface area contributed by atoms with Crippen LogP contribution in [-0.4, -0.2) is 56.7 Å². The molecule has 0 aromatic carbocycles. The Labute approximate surface area is 104 Å². The number of carboxylic acid groups (broad SMARTS) is 1. The molecular weight excluding hydrogens is 240 g/mol. The van der Waals surface area contributed by atoms with E-state index in [4.69, 9.17) is 5.11 Å². The van der Waals surface area contributed by atoms with Crippen LogP contribution in [0.3, 0.4) is 0 Å². The van der Waals surface area contributed by atoms with Crippen molar-refractivity contribution in [1.82, 2.24) is 4.98 Å². The third-order valence-corrected chi connectivity index (χ3v) is 2.56. The molecule has 0 bridgehead atoms. The van der Waals surface area contributed by atoms with Gasteiger partial charge in [-0.05, 0) is 19.1 Å². The van der Waals surface area contributed by atoms with Gasteiger partial charge >= 0.3 is 5.97 Å². The smallest absolute Gasteiger partial charge is 0.339 e. The van der Waals surface area contributed by atoms with Gasteiger partial charge in [0, 0.05) is 5.69 Å². The number of carbonyl (C=O) groups is 1. The Kier molecular flexibility index (Phi) is 4.60. The molecule has 0 aliphatic carbocycles. The van der Waals surface area contributed by atoms with Gasteiger partial charge in [-0.3, -0.25) is 0 Å². The molecule has 7 nitrogen and oxygen atoms in total. The summed E-state index contributed by atoms with van der Waals surface area (Å²) in [7, 11) is 0. The first kappa shape index (κ1) is 14.4. The summed E-state index contributed by atoms with van der Waals surface area (Å²) in [4.78, 5) is 15.0. The van der Waals surface area contributed by atoms with E-state index < -0.39 is 31.3 Å². The van der Waals surface area contributed by atoms with Crippen LogP contribution in [0.25, 0.3) is 0 Å². The van der Waals surface area contributed by atoms with E-state index in [1.54, 1.807) is 6.92 Å². The van der Waals surface area contributed by atoms with Gasteiger partial charge in [-0.25, -0.2) is 9.78 Å². The molecule has 0 unspecified atom stereocenters. The van der Waals surface area contributed by atoms with Crippen molar-refractivity contribution in [3.05, 3.63) is 23.4 Å². The number of anilines is 1. The SMILES string of the molecule is Cc1ccc(C(=O)O)c(NC(CO)(CO)CO)n1. The number of aliphatic hydroxyl groups excluding tert-OH is 3. The molecule has 0 aliphatic rings. The zero-order chi connectivity index (χ0) is 13.8. The van der Waals surface area contributed by atoms with Crippen molar-refractivity contribution in [3.8, 4) is 0 Å². The molecule has 1 heterocycles. The summed E-state index contributed by atoms with van der Waals surface area (Å²) in [6, 6.07) is 2.90. The number of pyridine rings is 1. The third-order valence-electron chi connectivity index (χ3n) is 2.56. The van der Waals surface area contributed by atoms with E-state index >= 15 is 0 Å². The van der Waals surface area contributed by atoms with E-state index in [-0.39, 0.29) is 11.4 Å². The standard InChI is InChI=1S/C11H16N2O5/c1-7-2-3-8(10(17)18)9(12-7)13-11(4-14,5-15)6-16/h2-3,14-16H,4-6H2,1H3,(H,12,13)(H,17,18). The average molecular weight is 256 g/mol. The highest BCUT2D eigenvalue weighted by Gasteiger charge is 2.30. The van der Waals surface area contributed by atoms with Gasteiger partial charge in [-0.2, -0.15) is 0 Å². The Morgan fingerprint density at radius 3 is 2.28 bits per heavy atom. The maximum absolute atomic E-state index is 11.0. The van der Waals surface area contributed by atoms with E-state index in [9.17, 15) is 20.1 Å². The van der Waals surface area contributed by atoms with Crippen LogP contribution >= 0.6 is 0 Å². The van der Waals surface area contributed by atoms with Crippen molar-refractivity contribution >= 4 is 11.8 Å². The average Bonchev–Trinajstić information content (AvgIpc) is 2.36. The summed E-state index contributed by atoms with van der Waals surface area (Å²) in [5, 5.41) is 39.1. The number of carboxylic acids is 1. The lowest BCUT2D eigenvalue weighted by molar-refractivity contribution is 0.0691. The molecule has 1 aromatic heterocycles. The fraction of sp³-hybridized carbons (Fsp3) is 0.455. The minimum Gasteiger partial charge on any atom is -0.478 e. The second-order valence-electron chi connectivity index (χ2n) is 4.03. The molecule has 1 rings (SSSR count). The third kappa shape index (κ3) is 2.95. The van der Waals surface area contributed by atoms with Crippen molar-refractivity contribution in [3.63, 3.8) is 0 Å². The topological polar surface area (TPSA) is 123 Å². The Bertz CT molecular complexity index is 423. The van der Waals surface area contributed by atoms with E-state index in [2.05, 4.69) is 10.3 Å². The molecule has 100 valence electrons. The summed E-state index contributed by atoms with van der Waals surface area (Å²) in [5.74, 6) is -1.19. The molecule has 0 saturated heterocycles. The van der Waals surface area contributed by atoms with Gasteiger partial charge in [0.15, 0.2) is 0 Å². The molecule has 0 radical (unpaired) electrons. The van der Waals surface area contributed by atoms with Gasteiger partial charge in [-0.1, -0.05) is 0 Å². The number of nitrogens with zero attached hydrogens (tertiary/aromatic N) is 1. The summed E-state index contributed by atoms with van der Waals surface area (Å²) in [5.41, 5.74) is -0.934. The van der Waals surface area contributed by atoms with E-state index in [1.807, 2.05) is 0 Å². The van der Waals surface area contributed by atoms with Crippen LogP contribution < -0.4 is 5.32 Å². The maximum Gasteiger partial charge on any atom is 0.339 e. The fourth-order valence-corrected chi connectivity index (χ4v) is 1.34. The number of rotatable bonds is 6. The van der Waals surface area contributed by atoms with Crippen LogP contribution in [0.4, 0.5) is 5.82 Å². The second kappa shape index (κ2) is 5.76. The highest BCUT2D eigenvalue weighted by atomic mass is 16.4. The van der Waals surface area contributed by atoms with Crippen LogP contribution in [0.1, 0.15) is 16.1 Å². The lowest BCUT2D eigenvalue weighted by Crippen LogP contribution is -2.49. The first-order chi connectivity index (χ1) is 8.48. The van der Waals surface area contributed by atoms with E-state index in [0.717, 1.165) is 0 Å². The molecule has 1 aromatic rings. The molecule has 0 amide bonds. The lowest BCUT2D eigenvalue weighted by atomic mass is 10.0. The second-order valence-corrected chi connectivity index (χ2v) is 4.03. The molecular formula is C11H16N2O5. The van der Waals surface area contributed by atoms with Crippen LogP contribution in [0, 0.1) is 6.92 Å². The van der Waals surface area contributed by atoms with Crippen LogP contribution in [-0.2, 0) is 0 Å². The maximum atomic E-state index is 11.0. The van der Waals surface area contributed by atoms with Gasteiger partial charge in [0.05, 0.1) is 19.8 Å². The Hall–Kier alpha value is -1.70. The predicted molar refractivity (Wildman–Crippen MR) is 63.5 cm³/mol. The zero-order valence-corrected chi connectivity index (χ0v) is 9.92. The lowest BCUT2D eigenvalue weighted by Gasteiger charge is -2.29. The monoisotopic (exact) mass is 256 g/mol. The Balaban J connectivity index is 3.16. The quantitative estimate of drug-likeness (QED) is 0.452. The summed E-state index contributed by atoms with van der Waals surface area (Å²) in [6.07, 6.45) is 0. The number of nitrogens with one attached hydrogen (secondary N) is 1. The van der Waals surface area contributed by atoms with Crippen molar-refractivity contribution in [2.45, 2.75) is 12.5 Å². The Morgan fingerprint density at radius 2 is 1.83 bits per heavy atom. The molecule has 18 heavy (non-hydrogen) atoms. The normalized spacial score (nSPS) is 11.3. The van der Waals surface area contributed by atoms with Gasteiger partial charge in [0.1, 0.15) is 16.9 Å². The zero-order valence-electron chi connectivity index (χ0n) is 9.92. The summed E-state index contributed by atoms with van der Waals surface area (Å²) < 4.78 is 0. The first-order valence-corrected chi connectivity index (χ1v) is 5.29. The molecule has 0 spiro atoms. The van der Waals surface area contributed by atoms with Crippen LogP contribution in [0.15, 0.2) is 12.1 Å². The van der Waals surface area contributed by atoms with Gasteiger partial charge in [-0.15, -0.1) is 0 Å². The number of aromatic nitrogens is 1. The molecule has 0 saturated carbocycles. The summed E-state index contributed by atoms with van der Waals surface area (Å²) in [6.45, 7) is -0.00658. The van der Waals surface area contributed by atoms with Crippen LogP contribution in [0.2, 0.25) is 0 Å². The number of hydrogen-bond acceptors (Lipinski definition) is 6. The first-order valence-electron chi connectivity index (χ1n) is 5.29. The molecule has 0 atom stereocenters. The fourth-order valence-electron chi connectivity index (χ4n) is 1.34. The van der Waals surface area contributed by atoms with E-state index in [1.165, 1.54) is 12.1 Å². The molecule has 7 heteroatoms. The van der Waals surface area contributed by atoms with Crippen molar-refractivity contribution < 1.29 is 25.2 Å². The highest BCUT2D eigenvalue weighted by Crippen LogP contribution is 2.18. The van der Waals surface area contributed by atoms with Gasteiger partial charge < -0.3 is 25.7 Å². The molecule has 0 fully saturated rings. The number of aromatic carboxylic acids is 1. The van der Waals surface area contributed by atoms with Gasteiger partial charge in [0.25, 0.3) is 0 Å². The predicted octanol–water partition coefficient (Wildman–Crippen LogP) is -0.784.